The molecule has 1 saturated heterocycles. The molecule has 4 heteroatoms. The second-order valence-electron chi connectivity index (χ2n) is 5.72. The van der Waals surface area contributed by atoms with Crippen molar-refractivity contribution in [1.29, 1.82) is 0 Å². The first kappa shape index (κ1) is 15.3. The Bertz CT molecular complexity index is 609. The van der Waals surface area contributed by atoms with E-state index in [0.29, 0.717) is 6.04 Å². The second-order valence-corrected chi connectivity index (χ2v) is 6.15. The molecule has 1 aliphatic heterocycles. The predicted molar refractivity (Wildman–Crippen MR) is 89.9 cm³/mol. The number of benzene rings is 2. The Morgan fingerprint density at radius 3 is 2.50 bits per heavy atom. The normalized spacial score (nSPS) is 15.7. The molecular weight excluding hydrogens is 299 g/mol. The first-order valence-corrected chi connectivity index (χ1v) is 8.07. The fourth-order valence-electron chi connectivity index (χ4n) is 3.01. The summed E-state index contributed by atoms with van der Waals surface area (Å²) in [7, 11) is 0. The standard InChI is InChI=1S/C18H20ClFN2/c19-15-3-1-2-14(12-15)13-22(18-8-10-21-11-9-18)17-6-4-16(20)5-7-17/h1-7,12,18,21H,8-11,13H2. The van der Waals surface area contributed by atoms with Crippen LogP contribution in [0.2, 0.25) is 5.02 Å². The summed E-state index contributed by atoms with van der Waals surface area (Å²) in [4.78, 5) is 2.37. The van der Waals surface area contributed by atoms with Crippen LogP contribution >= 0.6 is 11.6 Å². The van der Waals surface area contributed by atoms with E-state index in [2.05, 4.69) is 16.3 Å². The van der Waals surface area contributed by atoms with Crippen molar-refractivity contribution in [3.63, 3.8) is 0 Å². The Morgan fingerprint density at radius 1 is 1.09 bits per heavy atom. The maximum absolute atomic E-state index is 13.2. The van der Waals surface area contributed by atoms with Gasteiger partial charge in [0.1, 0.15) is 5.82 Å². The Hall–Kier alpha value is -1.58. The van der Waals surface area contributed by atoms with Crippen LogP contribution in [0.5, 0.6) is 0 Å². The molecule has 1 fully saturated rings. The molecule has 0 spiro atoms. The first-order chi connectivity index (χ1) is 10.7. The number of hydrogen-bond acceptors (Lipinski definition) is 2. The monoisotopic (exact) mass is 318 g/mol. The third-order valence-corrected chi connectivity index (χ3v) is 4.38. The Balaban J connectivity index is 1.86. The molecule has 0 amide bonds. The average molecular weight is 319 g/mol. The van der Waals surface area contributed by atoms with E-state index in [1.54, 1.807) is 0 Å². The van der Waals surface area contributed by atoms with E-state index in [4.69, 9.17) is 11.6 Å². The highest BCUT2D eigenvalue weighted by atomic mass is 35.5. The minimum absolute atomic E-state index is 0.197. The van der Waals surface area contributed by atoms with E-state index in [1.807, 2.05) is 30.3 Å². The molecule has 2 aromatic carbocycles. The van der Waals surface area contributed by atoms with Crippen LogP contribution in [-0.4, -0.2) is 19.1 Å². The zero-order valence-corrected chi connectivity index (χ0v) is 13.2. The topological polar surface area (TPSA) is 15.3 Å². The molecular formula is C18H20ClFN2. The van der Waals surface area contributed by atoms with Crippen LogP contribution < -0.4 is 10.2 Å². The van der Waals surface area contributed by atoms with Crippen molar-refractivity contribution in [3.05, 3.63) is 64.9 Å². The summed E-state index contributed by atoms with van der Waals surface area (Å²) in [6, 6.07) is 15.2. The molecule has 1 aliphatic rings. The maximum atomic E-state index is 13.2. The molecule has 1 heterocycles. The van der Waals surface area contributed by atoms with Crippen LogP contribution in [0.1, 0.15) is 18.4 Å². The number of halogens is 2. The predicted octanol–water partition coefficient (Wildman–Crippen LogP) is 4.24. The highest BCUT2D eigenvalue weighted by molar-refractivity contribution is 6.30. The van der Waals surface area contributed by atoms with Gasteiger partial charge in [-0.1, -0.05) is 23.7 Å². The van der Waals surface area contributed by atoms with Gasteiger partial charge in [0.15, 0.2) is 0 Å². The summed E-state index contributed by atoms with van der Waals surface area (Å²) in [5.74, 6) is -0.197. The SMILES string of the molecule is Fc1ccc(N(Cc2cccc(Cl)c2)C2CCNCC2)cc1. The van der Waals surface area contributed by atoms with Crippen molar-refractivity contribution in [2.75, 3.05) is 18.0 Å². The van der Waals surface area contributed by atoms with Gasteiger partial charge in [0.25, 0.3) is 0 Å². The van der Waals surface area contributed by atoms with Crippen molar-refractivity contribution in [3.8, 4) is 0 Å². The van der Waals surface area contributed by atoms with E-state index in [-0.39, 0.29) is 5.82 Å². The summed E-state index contributed by atoms with van der Waals surface area (Å²) < 4.78 is 13.2. The highest BCUT2D eigenvalue weighted by Crippen LogP contribution is 2.25. The van der Waals surface area contributed by atoms with Crippen LogP contribution in [0, 0.1) is 5.82 Å². The number of nitrogens with zero attached hydrogens (tertiary/aromatic N) is 1. The summed E-state index contributed by atoms with van der Waals surface area (Å²) >= 11 is 6.10. The van der Waals surface area contributed by atoms with E-state index >= 15 is 0 Å². The second kappa shape index (κ2) is 7.12. The van der Waals surface area contributed by atoms with Gasteiger partial charge in [0.2, 0.25) is 0 Å². The van der Waals surface area contributed by atoms with Gasteiger partial charge in [-0.2, -0.15) is 0 Å². The zero-order valence-electron chi connectivity index (χ0n) is 12.4. The Morgan fingerprint density at radius 2 is 1.82 bits per heavy atom. The van der Waals surface area contributed by atoms with Gasteiger partial charge in [-0.3, -0.25) is 0 Å². The lowest BCUT2D eigenvalue weighted by molar-refractivity contribution is 0.428. The maximum Gasteiger partial charge on any atom is 0.123 e. The van der Waals surface area contributed by atoms with Gasteiger partial charge in [-0.15, -0.1) is 0 Å². The van der Waals surface area contributed by atoms with Crippen molar-refractivity contribution >= 4 is 17.3 Å². The van der Waals surface area contributed by atoms with Crippen LogP contribution in [0.3, 0.4) is 0 Å². The van der Waals surface area contributed by atoms with E-state index in [1.165, 1.54) is 17.7 Å². The van der Waals surface area contributed by atoms with E-state index in [0.717, 1.165) is 43.2 Å². The fraction of sp³-hybridized carbons (Fsp3) is 0.333. The minimum atomic E-state index is -0.197. The number of nitrogens with one attached hydrogen (secondary N) is 1. The molecule has 116 valence electrons. The number of rotatable bonds is 4. The van der Waals surface area contributed by atoms with E-state index < -0.39 is 0 Å². The summed E-state index contributed by atoms with van der Waals surface area (Å²) in [6.07, 6.45) is 2.19. The molecule has 1 N–H and O–H groups in total. The molecule has 0 atom stereocenters. The summed E-state index contributed by atoms with van der Waals surface area (Å²) in [5.41, 5.74) is 2.24. The quantitative estimate of drug-likeness (QED) is 0.907. The van der Waals surface area contributed by atoms with Crippen LogP contribution in [0.25, 0.3) is 0 Å². The third kappa shape index (κ3) is 3.79. The Kier molecular flexibility index (Phi) is 4.96. The average Bonchev–Trinajstić information content (AvgIpc) is 2.55. The number of hydrogen-bond donors (Lipinski definition) is 1. The van der Waals surface area contributed by atoms with Gasteiger partial charge in [-0.25, -0.2) is 4.39 Å². The van der Waals surface area contributed by atoms with Crippen LogP contribution in [0.4, 0.5) is 10.1 Å². The van der Waals surface area contributed by atoms with E-state index in [9.17, 15) is 4.39 Å². The smallest absolute Gasteiger partial charge is 0.123 e. The number of piperidine rings is 1. The molecule has 0 aliphatic carbocycles. The van der Waals surface area contributed by atoms with Crippen molar-refractivity contribution in [2.45, 2.75) is 25.4 Å². The molecule has 2 nitrogen and oxygen atoms in total. The fourth-order valence-corrected chi connectivity index (χ4v) is 3.23. The Labute approximate surface area is 135 Å². The molecule has 0 bridgehead atoms. The van der Waals surface area contributed by atoms with Crippen molar-refractivity contribution in [2.24, 2.45) is 0 Å². The highest BCUT2D eigenvalue weighted by Gasteiger charge is 2.21. The van der Waals surface area contributed by atoms with Crippen LogP contribution in [0.15, 0.2) is 48.5 Å². The molecule has 0 radical (unpaired) electrons. The van der Waals surface area contributed by atoms with Crippen LogP contribution in [-0.2, 0) is 6.54 Å². The third-order valence-electron chi connectivity index (χ3n) is 4.15. The summed E-state index contributed by atoms with van der Waals surface area (Å²) in [5, 5.41) is 4.15. The summed E-state index contributed by atoms with van der Waals surface area (Å²) in [6.45, 7) is 2.84. The lowest BCUT2D eigenvalue weighted by atomic mass is 10.0. The zero-order chi connectivity index (χ0) is 15.4. The first-order valence-electron chi connectivity index (χ1n) is 7.70. The molecule has 2 aromatic rings. The van der Waals surface area contributed by atoms with Crippen molar-refractivity contribution < 1.29 is 4.39 Å². The van der Waals surface area contributed by atoms with Crippen molar-refractivity contribution in [1.82, 2.24) is 5.32 Å². The van der Waals surface area contributed by atoms with Gasteiger partial charge >= 0.3 is 0 Å². The van der Waals surface area contributed by atoms with Gasteiger partial charge in [0, 0.05) is 23.3 Å². The largest absolute Gasteiger partial charge is 0.364 e. The van der Waals surface area contributed by atoms with Gasteiger partial charge in [-0.05, 0) is 67.9 Å². The lowest BCUT2D eigenvalue weighted by Gasteiger charge is -2.36. The minimum Gasteiger partial charge on any atom is -0.364 e. The lowest BCUT2D eigenvalue weighted by Crippen LogP contribution is -2.43. The molecule has 22 heavy (non-hydrogen) atoms. The van der Waals surface area contributed by atoms with Gasteiger partial charge in [0.05, 0.1) is 0 Å². The van der Waals surface area contributed by atoms with Gasteiger partial charge < -0.3 is 10.2 Å². The number of anilines is 1. The molecule has 0 unspecified atom stereocenters. The molecule has 0 aromatic heterocycles. The molecule has 3 rings (SSSR count). The molecule has 0 saturated carbocycles.